The fourth-order valence-electron chi connectivity index (χ4n) is 3.72. The smallest absolute Gasteiger partial charge is 0.336 e. The lowest BCUT2D eigenvalue weighted by atomic mass is 9.97. The minimum atomic E-state index is -0.497. The number of nitriles is 1. The highest BCUT2D eigenvalue weighted by Crippen LogP contribution is 2.27. The zero-order valence-corrected chi connectivity index (χ0v) is 17.7. The van der Waals surface area contributed by atoms with Crippen LogP contribution in [-0.2, 0) is 16.1 Å². The van der Waals surface area contributed by atoms with Gasteiger partial charge in [0.05, 0.1) is 11.5 Å². The lowest BCUT2D eigenvalue weighted by Gasteiger charge is -2.31. The van der Waals surface area contributed by atoms with E-state index in [4.69, 9.17) is 26.0 Å². The molecule has 1 aromatic carbocycles. The van der Waals surface area contributed by atoms with Crippen LogP contribution in [-0.4, -0.2) is 24.0 Å². The molecule has 1 aliphatic heterocycles. The molecule has 8 heteroatoms. The first kappa shape index (κ1) is 20.9. The van der Waals surface area contributed by atoms with Gasteiger partial charge in [-0.2, -0.15) is 5.26 Å². The average molecular weight is 438 g/mol. The second-order valence-electron chi connectivity index (χ2n) is 7.57. The normalized spacial score (nSPS) is 14.4. The van der Waals surface area contributed by atoms with Crippen LogP contribution in [0.2, 0.25) is 5.02 Å². The molecule has 4 rings (SSSR count). The summed E-state index contributed by atoms with van der Waals surface area (Å²) in [6.07, 6.45) is 2.83. The Bertz CT molecular complexity index is 1220. The fourth-order valence-corrected chi connectivity index (χ4v) is 3.88. The van der Waals surface area contributed by atoms with Gasteiger partial charge in [0.1, 0.15) is 24.1 Å². The molecule has 0 bridgehead atoms. The Morgan fingerprint density at radius 3 is 2.77 bits per heavy atom. The number of esters is 1. The Labute approximate surface area is 183 Å². The number of carbonyl (C=O) groups excluding carboxylic acids is 1. The van der Waals surface area contributed by atoms with Crippen LogP contribution in [0.15, 0.2) is 45.7 Å². The Kier molecular flexibility index (Phi) is 5.92. The van der Waals surface area contributed by atoms with E-state index in [1.165, 1.54) is 6.07 Å². The molecule has 0 aliphatic carbocycles. The van der Waals surface area contributed by atoms with Gasteiger partial charge in [0, 0.05) is 41.3 Å². The van der Waals surface area contributed by atoms with Crippen LogP contribution in [0.4, 0.5) is 5.82 Å². The summed E-state index contributed by atoms with van der Waals surface area (Å²) in [5.74, 6) is 0.291. The molecule has 31 heavy (non-hydrogen) atoms. The molecule has 7 nitrogen and oxygen atoms in total. The summed E-state index contributed by atoms with van der Waals surface area (Å²) in [7, 11) is 0. The van der Waals surface area contributed by atoms with Gasteiger partial charge in [0.15, 0.2) is 0 Å². The van der Waals surface area contributed by atoms with Crippen molar-refractivity contribution in [2.24, 2.45) is 5.92 Å². The van der Waals surface area contributed by atoms with E-state index < -0.39 is 5.63 Å². The molecule has 3 aromatic rings. The zero-order chi connectivity index (χ0) is 22.0. The van der Waals surface area contributed by atoms with E-state index >= 15 is 0 Å². The maximum absolute atomic E-state index is 12.6. The van der Waals surface area contributed by atoms with Gasteiger partial charge in [-0.3, -0.25) is 4.79 Å². The first-order valence-corrected chi connectivity index (χ1v) is 10.3. The minimum absolute atomic E-state index is 0.0162. The molecule has 0 radical (unpaired) electrons. The van der Waals surface area contributed by atoms with Crippen molar-refractivity contribution in [3.8, 4) is 6.07 Å². The monoisotopic (exact) mass is 437 g/mol. The van der Waals surface area contributed by atoms with Crippen molar-refractivity contribution < 1.29 is 13.9 Å². The Morgan fingerprint density at radius 1 is 1.32 bits per heavy atom. The summed E-state index contributed by atoms with van der Waals surface area (Å²) in [5, 5.41) is 10.1. The predicted octanol–water partition coefficient (Wildman–Crippen LogP) is 3.98. The second-order valence-corrected chi connectivity index (χ2v) is 7.98. The number of benzene rings is 1. The Balaban J connectivity index is 1.39. The van der Waals surface area contributed by atoms with E-state index in [1.54, 1.807) is 24.4 Å². The van der Waals surface area contributed by atoms with Crippen LogP contribution in [0, 0.1) is 24.2 Å². The van der Waals surface area contributed by atoms with E-state index in [0.29, 0.717) is 53.0 Å². The third-order valence-electron chi connectivity index (χ3n) is 5.51. The summed E-state index contributed by atoms with van der Waals surface area (Å²) in [6.45, 7) is 3.16. The van der Waals surface area contributed by atoms with Gasteiger partial charge in [0.2, 0.25) is 0 Å². The number of aryl methyl sites for hydroxylation is 1. The molecule has 0 atom stereocenters. The standard InChI is InChI=1S/C23H20ClN3O4/c1-14-8-20-18(10-19(14)24)17(9-22(28)31-20)13-30-23(29)16-4-6-27(7-5-16)21-3-2-15(11-25)12-26-21/h2-3,8-10,12,16H,4-7,13H2,1H3. The molecule has 0 unspecified atom stereocenters. The molecule has 3 heterocycles. The number of nitrogens with zero attached hydrogens (tertiary/aromatic N) is 3. The van der Waals surface area contributed by atoms with Gasteiger partial charge in [-0.15, -0.1) is 0 Å². The van der Waals surface area contributed by atoms with E-state index in [2.05, 4.69) is 16.0 Å². The third-order valence-corrected chi connectivity index (χ3v) is 5.92. The van der Waals surface area contributed by atoms with Crippen LogP contribution in [0.25, 0.3) is 11.0 Å². The van der Waals surface area contributed by atoms with Crippen molar-refractivity contribution in [1.82, 2.24) is 4.98 Å². The van der Waals surface area contributed by atoms with Gasteiger partial charge < -0.3 is 14.1 Å². The number of aromatic nitrogens is 1. The van der Waals surface area contributed by atoms with Crippen molar-refractivity contribution in [2.45, 2.75) is 26.4 Å². The van der Waals surface area contributed by atoms with Crippen LogP contribution in [0.5, 0.6) is 0 Å². The molecular formula is C23H20ClN3O4. The SMILES string of the molecule is Cc1cc2oc(=O)cc(COC(=O)C3CCN(c4ccc(C#N)cn4)CC3)c2cc1Cl. The number of hydrogen-bond donors (Lipinski definition) is 0. The van der Waals surface area contributed by atoms with Crippen LogP contribution < -0.4 is 10.5 Å². The number of pyridine rings is 1. The fraction of sp³-hybridized carbons (Fsp3) is 0.304. The zero-order valence-electron chi connectivity index (χ0n) is 16.9. The van der Waals surface area contributed by atoms with Gasteiger partial charge in [0.25, 0.3) is 0 Å². The Hall–Kier alpha value is -3.37. The molecule has 1 aliphatic rings. The second kappa shape index (κ2) is 8.78. The summed E-state index contributed by atoms with van der Waals surface area (Å²) in [6, 6.07) is 10.4. The van der Waals surface area contributed by atoms with Gasteiger partial charge in [-0.05, 0) is 49.6 Å². The first-order valence-electron chi connectivity index (χ1n) is 9.95. The summed E-state index contributed by atoms with van der Waals surface area (Å²) in [5.41, 5.74) is 1.81. The maximum Gasteiger partial charge on any atom is 0.336 e. The first-order chi connectivity index (χ1) is 14.9. The van der Waals surface area contributed by atoms with Gasteiger partial charge in [-0.25, -0.2) is 9.78 Å². The number of piperidine rings is 1. The van der Waals surface area contributed by atoms with Crippen LogP contribution in [0.3, 0.4) is 0 Å². The van der Waals surface area contributed by atoms with E-state index in [0.717, 1.165) is 11.4 Å². The van der Waals surface area contributed by atoms with Gasteiger partial charge >= 0.3 is 11.6 Å². The average Bonchev–Trinajstić information content (AvgIpc) is 2.78. The molecule has 158 valence electrons. The number of ether oxygens (including phenoxy) is 1. The molecule has 0 amide bonds. The largest absolute Gasteiger partial charge is 0.461 e. The molecular weight excluding hydrogens is 418 g/mol. The van der Waals surface area contributed by atoms with E-state index in [-0.39, 0.29) is 18.5 Å². The molecule has 1 saturated heterocycles. The van der Waals surface area contributed by atoms with Crippen LogP contribution in [0.1, 0.15) is 29.5 Å². The number of anilines is 1. The molecule has 1 fully saturated rings. The van der Waals surface area contributed by atoms with Crippen molar-refractivity contribution in [1.29, 1.82) is 5.26 Å². The van der Waals surface area contributed by atoms with Crippen molar-refractivity contribution in [2.75, 3.05) is 18.0 Å². The number of rotatable bonds is 4. The Morgan fingerprint density at radius 2 is 2.10 bits per heavy atom. The van der Waals surface area contributed by atoms with E-state index in [1.807, 2.05) is 13.0 Å². The molecule has 0 saturated carbocycles. The predicted molar refractivity (Wildman–Crippen MR) is 116 cm³/mol. The summed E-state index contributed by atoms with van der Waals surface area (Å²) in [4.78, 5) is 30.9. The lowest BCUT2D eigenvalue weighted by molar-refractivity contribution is -0.150. The van der Waals surface area contributed by atoms with Crippen molar-refractivity contribution in [3.05, 3.63) is 68.7 Å². The highest BCUT2D eigenvalue weighted by Gasteiger charge is 2.27. The van der Waals surface area contributed by atoms with E-state index in [9.17, 15) is 9.59 Å². The van der Waals surface area contributed by atoms with Crippen molar-refractivity contribution in [3.63, 3.8) is 0 Å². The topological polar surface area (TPSA) is 96.4 Å². The summed E-state index contributed by atoms with van der Waals surface area (Å²) < 4.78 is 10.8. The minimum Gasteiger partial charge on any atom is -0.461 e. The number of fused-ring (bicyclic) bond motifs is 1. The summed E-state index contributed by atoms with van der Waals surface area (Å²) >= 11 is 6.21. The third kappa shape index (κ3) is 4.54. The highest BCUT2D eigenvalue weighted by molar-refractivity contribution is 6.32. The quantitative estimate of drug-likeness (QED) is 0.449. The maximum atomic E-state index is 12.6. The van der Waals surface area contributed by atoms with Crippen molar-refractivity contribution >= 4 is 34.4 Å². The number of carbonyl (C=O) groups is 1. The molecule has 2 aromatic heterocycles. The molecule has 0 N–H and O–H groups in total. The van der Waals surface area contributed by atoms with Crippen LogP contribution >= 0.6 is 11.6 Å². The highest BCUT2D eigenvalue weighted by atomic mass is 35.5. The number of halogens is 1. The lowest BCUT2D eigenvalue weighted by Crippen LogP contribution is -2.37. The number of hydrogen-bond acceptors (Lipinski definition) is 7. The van der Waals surface area contributed by atoms with Gasteiger partial charge in [-0.1, -0.05) is 11.6 Å². The molecule has 0 spiro atoms.